The summed E-state index contributed by atoms with van der Waals surface area (Å²) in [5, 5.41) is 0. The molecule has 3 nitrogen and oxygen atoms in total. The van der Waals surface area contributed by atoms with E-state index < -0.39 is 17.5 Å². The molecule has 1 aromatic carbocycles. The van der Waals surface area contributed by atoms with Gasteiger partial charge in [-0.3, -0.25) is 4.79 Å². The first kappa shape index (κ1) is 13.9. The summed E-state index contributed by atoms with van der Waals surface area (Å²) in [6.45, 7) is 3.66. The van der Waals surface area contributed by atoms with Crippen molar-refractivity contribution in [3.63, 3.8) is 0 Å². The number of carbonyl (C=O) groups excluding carboxylic acids is 1. The van der Waals surface area contributed by atoms with Crippen molar-refractivity contribution in [3.05, 3.63) is 35.4 Å². The minimum Gasteiger partial charge on any atom is -0.338 e. The Morgan fingerprint density at radius 2 is 2.21 bits per heavy atom. The van der Waals surface area contributed by atoms with Crippen LogP contribution in [0.1, 0.15) is 23.7 Å². The minimum absolute atomic E-state index is 0.203. The zero-order valence-corrected chi connectivity index (χ0v) is 10.9. The van der Waals surface area contributed by atoms with Crippen LogP contribution < -0.4 is 5.73 Å². The highest BCUT2D eigenvalue weighted by Gasteiger charge is 2.29. The highest BCUT2D eigenvalue weighted by Crippen LogP contribution is 2.24. The predicted octanol–water partition coefficient (Wildman–Crippen LogP) is 2.02. The van der Waals surface area contributed by atoms with E-state index in [4.69, 9.17) is 5.73 Å². The quantitative estimate of drug-likeness (QED) is 0.892. The number of rotatable bonds is 2. The van der Waals surface area contributed by atoms with Crippen molar-refractivity contribution in [2.75, 3.05) is 19.6 Å². The van der Waals surface area contributed by atoms with Gasteiger partial charge in [0, 0.05) is 13.1 Å². The molecule has 2 rings (SSSR count). The van der Waals surface area contributed by atoms with E-state index in [0.717, 1.165) is 24.6 Å². The second kappa shape index (κ2) is 5.65. The molecule has 1 amide bonds. The number of benzene rings is 1. The second-order valence-electron chi connectivity index (χ2n) is 5.14. The van der Waals surface area contributed by atoms with Crippen LogP contribution in [0.15, 0.2) is 18.2 Å². The van der Waals surface area contributed by atoms with Gasteiger partial charge in [0.25, 0.3) is 5.91 Å². The molecule has 0 saturated carbocycles. The fourth-order valence-corrected chi connectivity index (χ4v) is 2.47. The molecule has 0 radical (unpaired) electrons. The number of nitrogens with two attached hydrogens (primary N) is 1. The summed E-state index contributed by atoms with van der Waals surface area (Å²) in [6.07, 6.45) is 0.838. The molecular weight excluding hydrogens is 250 g/mol. The molecule has 2 unspecified atom stereocenters. The number of nitrogens with zero attached hydrogens (tertiary/aromatic N) is 1. The molecule has 5 heteroatoms. The molecule has 104 valence electrons. The highest BCUT2D eigenvalue weighted by atomic mass is 19.1. The molecule has 19 heavy (non-hydrogen) atoms. The molecular formula is C14H18F2N2O. The number of hydrogen-bond donors (Lipinski definition) is 1. The second-order valence-corrected chi connectivity index (χ2v) is 5.14. The van der Waals surface area contributed by atoms with Crippen LogP contribution in [0.4, 0.5) is 8.78 Å². The van der Waals surface area contributed by atoms with Gasteiger partial charge >= 0.3 is 0 Å². The molecule has 1 aliphatic rings. The Kier molecular flexibility index (Phi) is 4.14. The third-order valence-corrected chi connectivity index (χ3v) is 3.86. The van der Waals surface area contributed by atoms with Gasteiger partial charge in [0.1, 0.15) is 11.6 Å². The fraction of sp³-hybridized carbons (Fsp3) is 0.500. The van der Waals surface area contributed by atoms with E-state index in [1.807, 2.05) is 0 Å². The molecule has 1 fully saturated rings. The van der Waals surface area contributed by atoms with Gasteiger partial charge in [-0.25, -0.2) is 8.78 Å². The van der Waals surface area contributed by atoms with E-state index in [-0.39, 0.29) is 11.5 Å². The number of piperidine rings is 1. The lowest BCUT2D eigenvalue weighted by Gasteiger charge is -2.36. The van der Waals surface area contributed by atoms with Gasteiger partial charge in [0.2, 0.25) is 0 Å². The summed E-state index contributed by atoms with van der Waals surface area (Å²) in [5.74, 6) is -1.08. The van der Waals surface area contributed by atoms with Gasteiger partial charge < -0.3 is 10.6 Å². The van der Waals surface area contributed by atoms with Gasteiger partial charge in [-0.2, -0.15) is 0 Å². The third-order valence-electron chi connectivity index (χ3n) is 3.86. The molecule has 0 spiro atoms. The van der Waals surface area contributed by atoms with E-state index >= 15 is 0 Å². The Labute approximate surface area is 111 Å². The first-order valence-corrected chi connectivity index (χ1v) is 6.47. The highest BCUT2D eigenvalue weighted by molar-refractivity contribution is 5.94. The van der Waals surface area contributed by atoms with E-state index in [9.17, 15) is 13.6 Å². The Morgan fingerprint density at radius 1 is 1.47 bits per heavy atom. The number of likely N-dealkylation sites (tertiary alicyclic amines) is 1. The van der Waals surface area contributed by atoms with E-state index in [0.29, 0.717) is 25.6 Å². The lowest BCUT2D eigenvalue weighted by Crippen LogP contribution is -2.45. The van der Waals surface area contributed by atoms with Crippen molar-refractivity contribution >= 4 is 5.91 Å². The predicted molar refractivity (Wildman–Crippen MR) is 68.6 cm³/mol. The standard InChI is InChI=1S/C14H18F2N2O/c1-9-4-5-18(8-10(9)7-17)14(19)12-6-11(15)2-3-13(12)16/h2-3,6,9-10H,4-5,7-8,17H2,1H3. The zero-order chi connectivity index (χ0) is 14.0. The SMILES string of the molecule is CC1CCN(C(=O)c2cc(F)ccc2F)CC1CN. The normalized spacial score (nSPS) is 23.5. The maximum Gasteiger partial charge on any atom is 0.256 e. The number of hydrogen-bond acceptors (Lipinski definition) is 2. The maximum atomic E-state index is 13.6. The van der Waals surface area contributed by atoms with Crippen LogP contribution in [0.25, 0.3) is 0 Å². The molecule has 1 heterocycles. The van der Waals surface area contributed by atoms with Crippen molar-refractivity contribution in [3.8, 4) is 0 Å². The molecule has 0 aromatic heterocycles. The first-order valence-electron chi connectivity index (χ1n) is 6.47. The Hall–Kier alpha value is -1.49. The van der Waals surface area contributed by atoms with Gasteiger partial charge in [-0.05, 0) is 43.0 Å². The van der Waals surface area contributed by atoms with Crippen molar-refractivity contribution in [1.82, 2.24) is 4.90 Å². The van der Waals surface area contributed by atoms with E-state index in [1.165, 1.54) is 0 Å². The van der Waals surface area contributed by atoms with Crippen molar-refractivity contribution in [1.29, 1.82) is 0 Å². The van der Waals surface area contributed by atoms with E-state index in [1.54, 1.807) is 4.90 Å². The van der Waals surface area contributed by atoms with Crippen LogP contribution in [-0.4, -0.2) is 30.4 Å². The molecule has 1 saturated heterocycles. The molecule has 1 aliphatic heterocycles. The summed E-state index contributed by atoms with van der Waals surface area (Å²) in [6, 6.07) is 2.94. The lowest BCUT2D eigenvalue weighted by atomic mass is 9.87. The van der Waals surface area contributed by atoms with Gasteiger partial charge in [-0.15, -0.1) is 0 Å². The van der Waals surface area contributed by atoms with Crippen LogP contribution >= 0.6 is 0 Å². The number of amides is 1. The summed E-state index contributed by atoms with van der Waals surface area (Å²) in [4.78, 5) is 13.8. The molecule has 1 aromatic rings. The van der Waals surface area contributed by atoms with Crippen molar-refractivity contribution in [2.45, 2.75) is 13.3 Å². The fourth-order valence-electron chi connectivity index (χ4n) is 2.47. The molecule has 2 N–H and O–H groups in total. The summed E-state index contributed by atoms with van der Waals surface area (Å²) < 4.78 is 26.7. The smallest absolute Gasteiger partial charge is 0.256 e. The van der Waals surface area contributed by atoms with Crippen LogP contribution in [0.5, 0.6) is 0 Å². The number of carbonyl (C=O) groups is 1. The van der Waals surface area contributed by atoms with Gasteiger partial charge in [-0.1, -0.05) is 6.92 Å². The summed E-state index contributed by atoms with van der Waals surface area (Å²) >= 11 is 0. The Balaban J connectivity index is 2.18. The zero-order valence-electron chi connectivity index (χ0n) is 10.9. The minimum atomic E-state index is -0.686. The van der Waals surface area contributed by atoms with Crippen LogP contribution in [-0.2, 0) is 0 Å². The topological polar surface area (TPSA) is 46.3 Å². The summed E-state index contributed by atoms with van der Waals surface area (Å²) in [7, 11) is 0. The van der Waals surface area contributed by atoms with Crippen molar-refractivity contribution in [2.24, 2.45) is 17.6 Å². The average Bonchev–Trinajstić information content (AvgIpc) is 2.41. The van der Waals surface area contributed by atoms with Crippen molar-refractivity contribution < 1.29 is 13.6 Å². The van der Waals surface area contributed by atoms with Crippen LogP contribution in [0.3, 0.4) is 0 Å². The van der Waals surface area contributed by atoms with Crippen LogP contribution in [0.2, 0.25) is 0 Å². The molecule has 0 aliphatic carbocycles. The lowest BCUT2D eigenvalue weighted by molar-refractivity contribution is 0.0613. The Morgan fingerprint density at radius 3 is 2.89 bits per heavy atom. The largest absolute Gasteiger partial charge is 0.338 e. The van der Waals surface area contributed by atoms with Gasteiger partial charge in [0.15, 0.2) is 0 Å². The summed E-state index contributed by atoms with van der Waals surface area (Å²) in [5.41, 5.74) is 5.47. The average molecular weight is 268 g/mol. The monoisotopic (exact) mass is 268 g/mol. The first-order chi connectivity index (χ1) is 9.02. The van der Waals surface area contributed by atoms with Gasteiger partial charge in [0.05, 0.1) is 5.56 Å². The maximum absolute atomic E-state index is 13.6. The van der Waals surface area contributed by atoms with E-state index in [2.05, 4.69) is 6.92 Å². The molecule has 0 bridgehead atoms. The Bertz CT molecular complexity index is 479. The third kappa shape index (κ3) is 2.92. The number of halogens is 2. The van der Waals surface area contributed by atoms with Crippen LogP contribution in [0, 0.1) is 23.5 Å². The molecule has 2 atom stereocenters.